The zero-order chi connectivity index (χ0) is 26.4. The topological polar surface area (TPSA) is 123 Å². The number of benzene rings is 2. The Kier molecular flexibility index (Phi) is 9.09. The Hall–Kier alpha value is -3.33. The number of amides is 1. The lowest BCUT2D eigenvalue weighted by Crippen LogP contribution is -2.26. The van der Waals surface area contributed by atoms with Crippen LogP contribution in [0.25, 0.3) is 0 Å². The SMILES string of the molecule is CCOc1cc(C=NNC(=O)COc2ccc(C(C)(C)CC(C)(C)C)cc2[N+](=O)[O-])cc(Cl)c1O. The van der Waals surface area contributed by atoms with Crippen LogP contribution in [-0.4, -0.2) is 35.4 Å². The summed E-state index contributed by atoms with van der Waals surface area (Å²) in [5.41, 5.74) is 3.15. The van der Waals surface area contributed by atoms with Crippen molar-refractivity contribution >= 4 is 29.4 Å². The Bertz CT molecular complexity index is 1110. The van der Waals surface area contributed by atoms with Crippen molar-refractivity contribution in [1.29, 1.82) is 0 Å². The number of nitro groups is 1. The van der Waals surface area contributed by atoms with Crippen LogP contribution in [0.15, 0.2) is 35.4 Å². The number of hydrogen-bond acceptors (Lipinski definition) is 7. The highest BCUT2D eigenvalue weighted by atomic mass is 35.5. The lowest BCUT2D eigenvalue weighted by molar-refractivity contribution is -0.385. The monoisotopic (exact) mass is 505 g/mol. The fourth-order valence-corrected chi connectivity index (χ4v) is 4.14. The predicted octanol–water partition coefficient (Wildman–Crippen LogP) is 5.60. The minimum absolute atomic E-state index is 0.00360. The van der Waals surface area contributed by atoms with E-state index in [2.05, 4.69) is 31.3 Å². The Balaban J connectivity index is 2.07. The van der Waals surface area contributed by atoms with Gasteiger partial charge in [-0.25, -0.2) is 5.43 Å². The third-order valence-electron chi connectivity index (χ3n) is 5.02. The smallest absolute Gasteiger partial charge is 0.311 e. The van der Waals surface area contributed by atoms with Crippen LogP contribution >= 0.6 is 11.6 Å². The van der Waals surface area contributed by atoms with Gasteiger partial charge in [0, 0.05) is 6.07 Å². The van der Waals surface area contributed by atoms with E-state index in [0.717, 1.165) is 12.0 Å². The second-order valence-electron chi connectivity index (χ2n) is 9.93. The van der Waals surface area contributed by atoms with Gasteiger partial charge >= 0.3 is 5.69 Å². The van der Waals surface area contributed by atoms with Gasteiger partial charge in [-0.1, -0.05) is 52.3 Å². The van der Waals surface area contributed by atoms with Gasteiger partial charge in [-0.05, 0) is 53.5 Å². The van der Waals surface area contributed by atoms with Crippen LogP contribution in [0, 0.1) is 15.5 Å². The van der Waals surface area contributed by atoms with Crippen molar-refractivity contribution in [3.8, 4) is 17.2 Å². The molecular formula is C25H32ClN3O6. The molecule has 0 aromatic heterocycles. The molecule has 0 aliphatic carbocycles. The van der Waals surface area contributed by atoms with E-state index in [0.29, 0.717) is 12.2 Å². The first-order valence-corrected chi connectivity index (χ1v) is 11.5. The maximum atomic E-state index is 12.2. The molecule has 0 aliphatic rings. The Morgan fingerprint density at radius 1 is 1.17 bits per heavy atom. The van der Waals surface area contributed by atoms with Crippen LogP contribution in [-0.2, 0) is 10.2 Å². The van der Waals surface area contributed by atoms with Gasteiger partial charge in [0.25, 0.3) is 5.91 Å². The standard InChI is InChI=1S/C25H32ClN3O6/c1-7-34-21-11-16(10-18(26)23(21)31)13-27-28-22(30)14-35-20-9-8-17(12-19(20)29(32)33)25(5,6)15-24(2,3)4/h8-13,31H,7,14-15H2,1-6H3,(H,28,30). The average Bonchev–Trinajstić information content (AvgIpc) is 2.74. The third-order valence-corrected chi connectivity index (χ3v) is 5.31. The maximum Gasteiger partial charge on any atom is 0.311 e. The summed E-state index contributed by atoms with van der Waals surface area (Å²) in [5.74, 6) is -0.603. The van der Waals surface area contributed by atoms with Gasteiger partial charge < -0.3 is 14.6 Å². The van der Waals surface area contributed by atoms with Gasteiger partial charge in [0.05, 0.1) is 22.8 Å². The van der Waals surface area contributed by atoms with Gasteiger partial charge in [-0.2, -0.15) is 5.10 Å². The lowest BCUT2D eigenvalue weighted by atomic mass is 9.72. The largest absolute Gasteiger partial charge is 0.503 e. The molecule has 0 saturated carbocycles. The zero-order valence-corrected chi connectivity index (χ0v) is 21.6. The number of ether oxygens (including phenoxy) is 2. The molecule has 0 spiro atoms. The Labute approximate surface area is 210 Å². The molecule has 0 atom stereocenters. The molecule has 2 aromatic rings. The van der Waals surface area contributed by atoms with Crippen LogP contribution in [0.3, 0.4) is 0 Å². The maximum absolute atomic E-state index is 12.2. The fourth-order valence-electron chi connectivity index (χ4n) is 3.92. The fraction of sp³-hybridized carbons (Fsp3) is 0.440. The Morgan fingerprint density at radius 2 is 1.86 bits per heavy atom. The Morgan fingerprint density at radius 3 is 2.46 bits per heavy atom. The molecule has 9 nitrogen and oxygen atoms in total. The van der Waals surface area contributed by atoms with Crippen molar-refractivity contribution in [2.45, 2.75) is 53.4 Å². The van der Waals surface area contributed by atoms with Gasteiger partial charge in [0.15, 0.2) is 23.9 Å². The molecule has 0 saturated heterocycles. The first kappa shape index (κ1) is 27.9. The molecule has 190 valence electrons. The van der Waals surface area contributed by atoms with E-state index in [-0.39, 0.29) is 38.8 Å². The van der Waals surface area contributed by atoms with E-state index in [1.165, 1.54) is 30.5 Å². The van der Waals surface area contributed by atoms with Crippen LogP contribution in [0.5, 0.6) is 17.2 Å². The van der Waals surface area contributed by atoms with E-state index < -0.39 is 17.4 Å². The summed E-state index contributed by atoms with van der Waals surface area (Å²) < 4.78 is 10.7. The van der Waals surface area contributed by atoms with Crippen LogP contribution in [0.2, 0.25) is 5.02 Å². The molecule has 0 fully saturated rings. The predicted molar refractivity (Wildman–Crippen MR) is 136 cm³/mol. The number of phenols is 1. The van der Waals surface area contributed by atoms with E-state index in [4.69, 9.17) is 21.1 Å². The second-order valence-corrected chi connectivity index (χ2v) is 10.3. The number of hydrogen-bond donors (Lipinski definition) is 2. The van der Waals surface area contributed by atoms with Gasteiger partial charge in [0.2, 0.25) is 0 Å². The highest BCUT2D eigenvalue weighted by Crippen LogP contribution is 2.39. The number of nitrogens with one attached hydrogen (secondary N) is 1. The average molecular weight is 506 g/mol. The number of phenolic OH excluding ortho intramolecular Hbond substituents is 1. The summed E-state index contributed by atoms with van der Waals surface area (Å²) in [6, 6.07) is 7.78. The summed E-state index contributed by atoms with van der Waals surface area (Å²) in [5, 5.41) is 25.4. The molecule has 0 radical (unpaired) electrons. The summed E-state index contributed by atoms with van der Waals surface area (Å²) in [6.45, 7) is 12.1. The quantitative estimate of drug-likeness (QED) is 0.246. The van der Waals surface area contributed by atoms with Crippen molar-refractivity contribution < 1.29 is 24.3 Å². The number of halogens is 1. The van der Waals surface area contributed by atoms with E-state index in [1.807, 2.05) is 13.8 Å². The number of hydrazone groups is 1. The lowest BCUT2D eigenvalue weighted by Gasteiger charge is -2.33. The summed E-state index contributed by atoms with van der Waals surface area (Å²) in [4.78, 5) is 23.3. The second kappa shape index (κ2) is 11.4. The van der Waals surface area contributed by atoms with Crippen molar-refractivity contribution in [3.63, 3.8) is 0 Å². The number of nitrogens with zero attached hydrogens (tertiary/aromatic N) is 2. The number of carbonyl (C=O) groups excluding carboxylic acids is 1. The van der Waals surface area contributed by atoms with Crippen LogP contribution in [0.1, 0.15) is 59.1 Å². The van der Waals surface area contributed by atoms with Crippen LogP contribution in [0.4, 0.5) is 5.69 Å². The van der Waals surface area contributed by atoms with E-state index in [9.17, 15) is 20.0 Å². The molecule has 2 N–H and O–H groups in total. The van der Waals surface area contributed by atoms with Crippen molar-refractivity contribution in [3.05, 3.63) is 56.6 Å². The zero-order valence-electron chi connectivity index (χ0n) is 20.8. The van der Waals surface area contributed by atoms with Gasteiger partial charge in [-0.15, -0.1) is 0 Å². The van der Waals surface area contributed by atoms with Gasteiger partial charge in [-0.3, -0.25) is 14.9 Å². The van der Waals surface area contributed by atoms with E-state index in [1.54, 1.807) is 13.0 Å². The summed E-state index contributed by atoms with van der Waals surface area (Å²) >= 11 is 5.97. The van der Waals surface area contributed by atoms with E-state index >= 15 is 0 Å². The van der Waals surface area contributed by atoms with Crippen molar-refractivity contribution in [1.82, 2.24) is 5.43 Å². The first-order valence-electron chi connectivity index (χ1n) is 11.1. The summed E-state index contributed by atoms with van der Waals surface area (Å²) in [7, 11) is 0. The molecule has 1 amide bonds. The number of carbonyl (C=O) groups is 1. The molecule has 35 heavy (non-hydrogen) atoms. The molecule has 2 rings (SSSR count). The number of aromatic hydroxyl groups is 1. The minimum Gasteiger partial charge on any atom is -0.503 e. The van der Waals surface area contributed by atoms with Gasteiger partial charge in [0.1, 0.15) is 0 Å². The normalized spacial score (nSPS) is 12.0. The molecule has 10 heteroatoms. The van der Waals surface area contributed by atoms with Crippen LogP contribution < -0.4 is 14.9 Å². The first-order chi connectivity index (χ1) is 16.2. The molecule has 0 heterocycles. The number of nitro benzene ring substituents is 1. The molecular weight excluding hydrogens is 474 g/mol. The molecule has 2 aromatic carbocycles. The minimum atomic E-state index is -0.609. The highest BCUT2D eigenvalue weighted by Gasteiger charge is 2.30. The number of rotatable bonds is 10. The third kappa shape index (κ3) is 8.13. The molecule has 0 aliphatic heterocycles. The summed E-state index contributed by atoms with van der Waals surface area (Å²) in [6.07, 6.45) is 2.15. The highest BCUT2D eigenvalue weighted by molar-refractivity contribution is 6.32. The molecule has 0 unspecified atom stereocenters. The molecule has 0 bridgehead atoms. The van der Waals surface area contributed by atoms with Crippen molar-refractivity contribution in [2.75, 3.05) is 13.2 Å². The van der Waals surface area contributed by atoms with Crippen molar-refractivity contribution in [2.24, 2.45) is 10.5 Å².